The largest absolute Gasteiger partial charge is 0.467 e. The first-order valence-corrected chi connectivity index (χ1v) is 17.0. The summed E-state index contributed by atoms with van der Waals surface area (Å²) in [6.45, 7) is 13.7. The normalized spacial score (nSPS) is 45.4. The molecule has 0 spiro atoms. The number of hydrogen-bond acceptors (Lipinski definition) is 5. The molecule has 1 heterocycles. The zero-order valence-corrected chi connectivity index (χ0v) is 27.2. The van der Waals surface area contributed by atoms with E-state index < -0.39 is 6.04 Å². The Labute approximate surface area is 249 Å². The molecule has 4 saturated carbocycles. The van der Waals surface area contributed by atoms with E-state index in [1.165, 1.54) is 58.5 Å². The van der Waals surface area contributed by atoms with Crippen molar-refractivity contribution >= 4 is 11.9 Å². The third-order valence-electron chi connectivity index (χ3n) is 13.8. The second kappa shape index (κ2) is 12.1. The minimum absolute atomic E-state index is 0.0398. The SMILES string of the molecule is CCC(C)C(NC(=O)[C@@H](C)CC[C@H]1O[C@H]2C[C@H]3[C@@H]4CC[C@@H]5C[C@@H](OC)CC[C@]5(C)[C@H]4CC[C@]3(C)[C@H]2[C@@H]1C)C(=O)OC. The number of ether oxygens (including phenoxy) is 3. The number of carbonyl (C=O) groups excluding carboxylic acids is 2. The summed E-state index contributed by atoms with van der Waals surface area (Å²) in [7, 11) is 3.29. The first-order chi connectivity index (χ1) is 19.5. The molecule has 1 aliphatic heterocycles. The van der Waals surface area contributed by atoms with Crippen LogP contribution in [0.1, 0.15) is 112 Å². The van der Waals surface area contributed by atoms with Crippen molar-refractivity contribution in [2.75, 3.05) is 14.2 Å². The molecule has 4 aliphatic carbocycles. The van der Waals surface area contributed by atoms with Gasteiger partial charge < -0.3 is 19.5 Å². The van der Waals surface area contributed by atoms with Gasteiger partial charge in [-0.05, 0) is 116 Å². The molecule has 1 amide bonds. The second-order valence-electron chi connectivity index (χ2n) is 15.5. The lowest BCUT2D eigenvalue weighted by Gasteiger charge is -2.61. The molecule has 0 bridgehead atoms. The van der Waals surface area contributed by atoms with E-state index >= 15 is 0 Å². The zero-order valence-electron chi connectivity index (χ0n) is 27.2. The quantitative estimate of drug-likeness (QED) is 0.307. The van der Waals surface area contributed by atoms with E-state index in [0.29, 0.717) is 34.9 Å². The Bertz CT molecular complexity index is 955. The molecule has 1 saturated heterocycles. The highest BCUT2D eigenvalue weighted by atomic mass is 16.5. The fourth-order valence-corrected chi connectivity index (χ4v) is 11.1. The Balaban J connectivity index is 1.19. The molecule has 1 N–H and O–H groups in total. The summed E-state index contributed by atoms with van der Waals surface area (Å²) in [6, 6.07) is -0.583. The summed E-state index contributed by atoms with van der Waals surface area (Å²) in [5.74, 6) is 3.96. The fraction of sp³-hybridized carbons (Fsp3) is 0.943. The van der Waals surface area contributed by atoms with Crippen molar-refractivity contribution in [1.29, 1.82) is 0 Å². The van der Waals surface area contributed by atoms with Crippen molar-refractivity contribution < 1.29 is 23.8 Å². The average molecular weight is 574 g/mol. The number of amides is 1. The second-order valence-corrected chi connectivity index (χ2v) is 15.5. The lowest BCUT2D eigenvalue weighted by atomic mass is 9.44. The molecule has 234 valence electrons. The van der Waals surface area contributed by atoms with E-state index in [1.54, 1.807) is 0 Å². The van der Waals surface area contributed by atoms with Crippen molar-refractivity contribution in [3.8, 4) is 0 Å². The summed E-state index contributed by atoms with van der Waals surface area (Å²) < 4.78 is 17.7. The monoisotopic (exact) mass is 573 g/mol. The van der Waals surface area contributed by atoms with Gasteiger partial charge in [0.05, 0.1) is 25.4 Å². The first-order valence-electron chi connectivity index (χ1n) is 17.0. The Hall–Kier alpha value is -1.14. The molecule has 41 heavy (non-hydrogen) atoms. The number of methoxy groups -OCH3 is 2. The number of hydrogen-bond donors (Lipinski definition) is 1. The van der Waals surface area contributed by atoms with Gasteiger partial charge in [0.2, 0.25) is 5.91 Å². The summed E-state index contributed by atoms with van der Waals surface area (Å²) in [5.41, 5.74) is 0.866. The van der Waals surface area contributed by atoms with E-state index in [1.807, 2.05) is 27.9 Å². The molecule has 14 atom stereocenters. The number of nitrogens with one attached hydrogen (secondary N) is 1. The van der Waals surface area contributed by atoms with Gasteiger partial charge in [-0.15, -0.1) is 0 Å². The summed E-state index contributed by atoms with van der Waals surface area (Å²) in [4.78, 5) is 25.3. The van der Waals surface area contributed by atoms with Crippen LogP contribution in [-0.2, 0) is 23.8 Å². The van der Waals surface area contributed by atoms with E-state index in [9.17, 15) is 9.59 Å². The number of fused-ring (bicyclic) bond motifs is 7. The summed E-state index contributed by atoms with van der Waals surface area (Å²) in [6.07, 6.45) is 14.1. The van der Waals surface area contributed by atoms with Crippen LogP contribution in [0.3, 0.4) is 0 Å². The van der Waals surface area contributed by atoms with Gasteiger partial charge in [0.25, 0.3) is 0 Å². The molecule has 6 nitrogen and oxygen atoms in total. The number of carbonyl (C=O) groups is 2. The van der Waals surface area contributed by atoms with Crippen molar-refractivity contribution in [3.63, 3.8) is 0 Å². The highest BCUT2D eigenvalue weighted by molar-refractivity contribution is 5.85. The molecule has 6 heteroatoms. The molecule has 5 fully saturated rings. The molecule has 2 unspecified atom stereocenters. The summed E-state index contributed by atoms with van der Waals surface area (Å²) >= 11 is 0. The number of esters is 1. The Kier molecular flexibility index (Phi) is 9.23. The lowest BCUT2D eigenvalue weighted by molar-refractivity contribution is -0.147. The summed E-state index contributed by atoms with van der Waals surface area (Å²) in [5, 5.41) is 2.98. The Morgan fingerprint density at radius 2 is 1.73 bits per heavy atom. The third kappa shape index (κ3) is 5.40. The van der Waals surface area contributed by atoms with Crippen molar-refractivity contribution in [2.24, 2.45) is 58.2 Å². The maximum absolute atomic E-state index is 13.0. The molecule has 0 aromatic carbocycles. The molecule has 0 aromatic heterocycles. The van der Waals surface area contributed by atoms with E-state index in [4.69, 9.17) is 14.2 Å². The Morgan fingerprint density at radius 1 is 1.00 bits per heavy atom. The topological polar surface area (TPSA) is 73.9 Å². The van der Waals surface area contributed by atoms with Crippen LogP contribution < -0.4 is 5.32 Å². The first kappa shape index (κ1) is 31.3. The van der Waals surface area contributed by atoms with Gasteiger partial charge in [0.15, 0.2) is 0 Å². The zero-order chi connectivity index (χ0) is 29.7. The average Bonchev–Trinajstić information content (AvgIpc) is 3.45. The standard InChI is InChI=1S/C35H59NO5/c1-9-20(2)31(33(38)40-8)36-32(37)21(3)10-13-28-22(4)30-29(41-28)19-27-25-12-11-23-18-24(39-7)14-16-34(23,5)26(25)15-17-35(27,30)6/h20-31H,9-19H2,1-8H3,(H,36,37)/t20?,21-,22+,23+,24-,25+,26-,27-,28+,29-,30-,31?,34-,35-/m0/s1. The molecular formula is C35H59NO5. The van der Waals surface area contributed by atoms with E-state index in [-0.39, 0.29) is 29.8 Å². The van der Waals surface area contributed by atoms with Crippen molar-refractivity contribution in [1.82, 2.24) is 5.32 Å². The Morgan fingerprint density at radius 3 is 2.41 bits per heavy atom. The van der Waals surface area contributed by atoms with Gasteiger partial charge in [-0.1, -0.05) is 48.0 Å². The number of rotatable bonds is 9. The van der Waals surface area contributed by atoms with Crippen LogP contribution in [0.5, 0.6) is 0 Å². The molecule has 0 aromatic rings. The predicted molar refractivity (Wildman–Crippen MR) is 161 cm³/mol. The fourth-order valence-electron chi connectivity index (χ4n) is 11.1. The highest BCUT2D eigenvalue weighted by Gasteiger charge is 2.65. The van der Waals surface area contributed by atoms with Crippen LogP contribution in [0.25, 0.3) is 0 Å². The van der Waals surface area contributed by atoms with Gasteiger partial charge in [0.1, 0.15) is 6.04 Å². The molecule has 0 radical (unpaired) electrons. The smallest absolute Gasteiger partial charge is 0.328 e. The van der Waals surface area contributed by atoms with Gasteiger partial charge in [-0.3, -0.25) is 4.79 Å². The lowest BCUT2D eigenvalue weighted by Crippen LogP contribution is -2.54. The molecule has 5 rings (SSSR count). The molecular weight excluding hydrogens is 514 g/mol. The van der Waals surface area contributed by atoms with Crippen molar-refractivity contribution in [3.05, 3.63) is 0 Å². The van der Waals surface area contributed by atoms with Gasteiger partial charge in [-0.2, -0.15) is 0 Å². The van der Waals surface area contributed by atoms with Crippen LogP contribution in [0.15, 0.2) is 0 Å². The van der Waals surface area contributed by atoms with Gasteiger partial charge in [0, 0.05) is 13.0 Å². The maximum Gasteiger partial charge on any atom is 0.328 e. The van der Waals surface area contributed by atoms with E-state index in [2.05, 4.69) is 26.1 Å². The van der Waals surface area contributed by atoms with Crippen LogP contribution in [0, 0.1) is 58.2 Å². The third-order valence-corrected chi connectivity index (χ3v) is 13.8. The van der Waals surface area contributed by atoms with Crippen LogP contribution in [0.2, 0.25) is 0 Å². The minimum atomic E-state index is -0.583. The highest BCUT2D eigenvalue weighted by Crippen LogP contribution is 2.70. The predicted octanol–water partition coefficient (Wildman–Crippen LogP) is 6.79. The minimum Gasteiger partial charge on any atom is -0.467 e. The van der Waals surface area contributed by atoms with Crippen LogP contribution in [-0.4, -0.2) is 50.4 Å². The van der Waals surface area contributed by atoms with Crippen molar-refractivity contribution in [2.45, 2.75) is 137 Å². The maximum atomic E-state index is 13.0. The van der Waals surface area contributed by atoms with Crippen LogP contribution >= 0.6 is 0 Å². The van der Waals surface area contributed by atoms with Gasteiger partial charge >= 0.3 is 5.97 Å². The van der Waals surface area contributed by atoms with E-state index in [0.717, 1.165) is 42.9 Å². The van der Waals surface area contributed by atoms with Gasteiger partial charge in [-0.25, -0.2) is 4.79 Å². The van der Waals surface area contributed by atoms with Crippen LogP contribution in [0.4, 0.5) is 0 Å². The molecule has 5 aliphatic rings.